The average Bonchev–Trinajstić information content (AvgIpc) is 4.01. The number of imidazole rings is 1. The zero-order valence-corrected chi connectivity index (χ0v) is 33.1. The third-order valence-electron chi connectivity index (χ3n) is 11.1. The highest BCUT2D eigenvalue weighted by molar-refractivity contribution is 7.26. The molecule has 0 bridgehead atoms. The van der Waals surface area contributed by atoms with Gasteiger partial charge in [0, 0.05) is 68.3 Å². The molecule has 0 aliphatic rings. The van der Waals surface area contributed by atoms with E-state index in [2.05, 4.69) is 174 Å². The van der Waals surface area contributed by atoms with Gasteiger partial charge >= 0.3 is 0 Å². The molecule has 0 saturated carbocycles. The Morgan fingerprint density at radius 1 is 0.356 bits per heavy atom. The van der Waals surface area contributed by atoms with Crippen LogP contribution in [0.5, 0.6) is 0 Å². The van der Waals surface area contributed by atoms with E-state index in [4.69, 9.17) is 19.9 Å². The zero-order chi connectivity index (χ0) is 38.9. The van der Waals surface area contributed by atoms with Gasteiger partial charge in [0.05, 0.1) is 11.0 Å². The number of para-hydroxylation sites is 3. The number of rotatable bonds is 6. The summed E-state index contributed by atoms with van der Waals surface area (Å²) in [7, 11) is 0. The number of hydrogen-bond donors (Lipinski definition) is 0. The highest BCUT2D eigenvalue weighted by Crippen LogP contribution is 2.43. The minimum atomic E-state index is 0.646. The molecule has 0 atom stereocenters. The van der Waals surface area contributed by atoms with Crippen molar-refractivity contribution in [2.24, 2.45) is 0 Å². The Bertz CT molecular complexity index is 3550. The standard InChI is InChI=1S/C52H31N5S2/c1-3-13-33(14-4-1)49-54-50(56-51(55-49)41-21-12-19-39-38-17-7-10-24-45(38)58-48(39)41)34-27-25-32(26-28-34)37-18-11-20-40-42-31-35(29-30-46(42)59-47(37)40)52-53-43-22-8-9-23-44(43)57(52)36-15-5-2-6-16-36/h1-31H. The van der Waals surface area contributed by atoms with Gasteiger partial charge in [-0.05, 0) is 65.7 Å². The second-order valence-electron chi connectivity index (χ2n) is 14.6. The predicted molar refractivity (Wildman–Crippen MR) is 247 cm³/mol. The van der Waals surface area contributed by atoms with Crippen LogP contribution in [0.4, 0.5) is 0 Å². The van der Waals surface area contributed by atoms with Crippen LogP contribution < -0.4 is 0 Å². The summed E-state index contributed by atoms with van der Waals surface area (Å²) < 4.78 is 7.20. The quantitative estimate of drug-likeness (QED) is 0.168. The SMILES string of the molecule is c1ccc(-c2nc(-c3ccc(-c4cccc5c4sc4ccc(-c6nc7ccccc7n6-c6ccccc6)cc45)cc3)nc(-c3cccc4c3sc3ccccc34)n2)cc1. The summed E-state index contributed by atoms with van der Waals surface area (Å²) in [6.45, 7) is 0. The van der Waals surface area contributed by atoms with Crippen LogP contribution in [-0.4, -0.2) is 24.5 Å². The number of nitrogens with zero attached hydrogens (tertiary/aromatic N) is 5. The van der Waals surface area contributed by atoms with E-state index in [0.29, 0.717) is 17.5 Å². The first-order valence-corrected chi connectivity index (χ1v) is 21.2. The molecule has 7 heteroatoms. The van der Waals surface area contributed by atoms with Crippen molar-refractivity contribution >= 4 is 74.1 Å². The molecule has 5 nitrogen and oxygen atoms in total. The molecule has 0 fully saturated rings. The van der Waals surface area contributed by atoms with E-state index in [-0.39, 0.29) is 0 Å². The minimum Gasteiger partial charge on any atom is -0.292 e. The number of thiophene rings is 2. The van der Waals surface area contributed by atoms with E-state index >= 15 is 0 Å². The van der Waals surface area contributed by atoms with Crippen molar-refractivity contribution < 1.29 is 0 Å². The fourth-order valence-electron chi connectivity index (χ4n) is 8.29. The molecule has 0 aliphatic carbocycles. The topological polar surface area (TPSA) is 56.5 Å². The van der Waals surface area contributed by atoms with Crippen LogP contribution in [0.25, 0.3) is 114 Å². The maximum atomic E-state index is 5.15. The second kappa shape index (κ2) is 13.7. The van der Waals surface area contributed by atoms with Gasteiger partial charge in [0.15, 0.2) is 17.5 Å². The summed E-state index contributed by atoms with van der Waals surface area (Å²) in [5.74, 6) is 2.90. The molecule has 12 rings (SSSR count). The van der Waals surface area contributed by atoms with Crippen molar-refractivity contribution in [2.45, 2.75) is 0 Å². The van der Waals surface area contributed by atoms with Gasteiger partial charge in [-0.3, -0.25) is 4.57 Å². The molecule has 8 aromatic carbocycles. The molecule has 0 radical (unpaired) electrons. The highest BCUT2D eigenvalue weighted by atomic mass is 32.1. The summed E-state index contributed by atoms with van der Waals surface area (Å²) in [4.78, 5) is 20.4. The molecular weight excluding hydrogens is 759 g/mol. The summed E-state index contributed by atoms with van der Waals surface area (Å²) >= 11 is 3.62. The molecule has 4 heterocycles. The molecular formula is C52H31N5S2. The van der Waals surface area contributed by atoms with Crippen LogP contribution >= 0.6 is 22.7 Å². The molecule has 59 heavy (non-hydrogen) atoms. The van der Waals surface area contributed by atoms with Crippen LogP contribution in [0.2, 0.25) is 0 Å². The minimum absolute atomic E-state index is 0.646. The lowest BCUT2D eigenvalue weighted by atomic mass is 10.0. The molecule has 0 N–H and O–H groups in total. The second-order valence-corrected chi connectivity index (χ2v) is 16.7. The number of hydrogen-bond acceptors (Lipinski definition) is 6. The molecule has 276 valence electrons. The van der Waals surface area contributed by atoms with E-state index in [1.807, 2.05) is 29.5 Å². The molecule has 0 saturated heterocycles. The Labute approximate surface area is 347 Å². The number of benzene rings is 8. The monoisotopic (exact) mass is 789 g/mol. The molecule has 0 aliphatic heterocycles. The van der Waals surface area contributed by atoms with Crippen LogP contribution in [0.1, 0.15) is 0 Å². The Hall–Kier alpha value is -7.32. The maximum Gasteiger partial charge on any atom is 0.165 e. The van der Waals surface area contributed by atoms with Gasteiger partial charge in [0.2, 0.25) is 0 Å². The van der Waals surface area contributed by atoms with E-state index < -0.39 is 0 Å². The van der Waals surface area contributed by atoms with Gasteiger partial charge < -0.3 is 0 Å². The van der Waals surface area contributed by atoms with Crippen LogP contribution in [0, 0.1) is 0 Å². The smallest absolute Gasteiger partial charge is 0.165 e. The molecule has 0 spiro atoms. The Morgan fingerprint density at radius 2 is 0.915 bits per heavy atom. The van der Waals surface area contributed by atoms with Gasteiger partial charge in [-0.25, -0.2) is 19.9 Å². The van der Waals surface area contributed by atoms with Crippen LogP contribution in [0.15, 0.2) is 188 Å². The summed E-state index contributed by atoms with van der Waals surface area (Å²) in [5.41, 5.74) is 9.49. The van der Waals surface area contributed by atoms with Crippen molar-refractivity contribution in [1.82, 2.24) is 24.5 Å². The lowest BCUT2D eigenvalue weighted by molar-refractivity contribution is 1.08. The average molecular weight is 790 g/mol. The largest absolute Gasteiger partial charge is 0.292 e. The van der Waals surface area contributed by atoms with Crippen molar-refractivity contribution in [1.29, 1.82) is 0 Å². The summed E-state index contributed by atoms with van der Waals surface area (Å²) in [6.07, 6.45) is 0. The van der Waals surface area contributed by atoms with E-state index in [0.717, 1.165) is 50.4 Å². The highest BCUT2D eigenvalue weighted by Gasteiger charge is 2.19. The molecule has 12 aromatic rings. The van der Waals surface area contributed by atoms with Gasteiger partial charge in [0.25, 0.3) is 0 Å². The molecule has 4 aromatic heterocycles. The Morgan fingerprint density at radius 3 is 1.71 bits per heavy atom. The van der Waals surface area contributed by atoms with Crippen molar-refractivity contribution in [3.63, 3.8) is 0 Å². The van der Waals surface area contributed by atoms with E-state index in [1.54, 1.807) is 11.3 Å². The summed E-state index contributed by atoms with van der Waals surface area (Å²) in [5, 5.41) is 4.93. The first-order chi connectivity index (χ1) is 29.2. The van der Waals surface area contributed by atoms with Crippen LogP contribution in [-0.2, 0) is 0 Å². The van der Waals surface area contributed by atoms with Crippen molar-refractivity contribution in [3.05, 3.63) is 188 Å². The lowest BCUT2D eigenvalue weighted by Gasteiger charge is -2.10. The van der Waals surface area contributed by atoms with Gasteiger partial charge in [0.1, 0.15) is 5.82 Å². The molecule has 0 unspecified atom stereocenters. The Kier molecular flexibility index (Phi) is 7.82. The fourth-order valence-corrected chi connectivity index (χ4v) is 10.7. The first-order valence-electron chi connectivity index (χ1n) is 19.5. The van der Waals surface area contributed by atoms with Crippen molar-refractivity contribution in [3.8, 4) is 62.4 Å². The maximum absolute atomic E-state index is 5.15. The van der Waals surface area contributed by atoms with Gasteiger partial charge in [-0.1, -0.05) is 133 Å². The van der Waals surface area contributed by atoms with Gasteiger partial charge in [-0.15, -0.1) is 22.7 Å². The third kappa shape index (κ3) is 5.66. The first kappa shape index (κ1) is 33.8. The normalized spacial score (nSPS) is 11.7. The Balaban J connectivity index is 0.950. The predicted octanol–water partition coefficient (Wildman–Crippen LogP) is 14.3. The fraction of sp³-hybridized carbons (Fsp3) is 0. The zero-order valence-electron chi connectivity index (χ0n) is 31.5. The third-order valence-corrected chi connectivity index (χ3v) is 13.5. The molecule has 0 amide bonds. The van der Waals surface area contributed by atoms with E-state index in [9.17, 15) is 0 Å². The summed E-state index contributed by atoms with van der Waals surface area (Å²) in [6, 6.07) is 66.1. The van der Waals surface area contributed by atoms with Gasteiger partial charge in [-0.2, -0.15) is 0 Å². The van der Waals surface area contributed by atoms with E-state index in [1.165, 1.54) is 45.9 Å². The number of aromatic nitrogens is 5. The van der Waals surface area contributed by atoms with Crippen LogP contribution in [0.3, 0.4) is 0 Å². The van der Waals surface area contributed by atoms with Crippen molar-refractivity contribution in [2.75, 3.05) is 0 Å². The lowest BCUT2D eigenvalue weighted by Crippen LogP contribution is -2.00. The number of fused-ring (bicyclic) bond motifs is 7.